The maximum atomic E-state index is 13.5. The van der Waals surface area contributed by atoms with Gasteiger partial charge in [-0.1, -0.05) is 60.2 Å². The number of ether oxygens (including phenoxy) is 1. The second-order valence-corrected chi connectivity index (χ2v) is 8.73. The Hall–Kier alpha value is -2.66. The highest BCUT2D eigenvalue weighted by Gasteiger charge is 2.58. The van der Waals surface area contributed by atoms with Gasteiger partial charge in [0.1, 0.15) is 0 Å². The minimum Gasteiger partial charge on any atom is -0.361 e. The van der Waals surface area contributed by atoms with E-state index in [0.29, 0.717) is 32.7 Å². The third-order valence-electron chi connectivity index (χ3n) is 6.37. The summed E-state index contributed by atoms with van der Waals surface area (Å²) in [4.78, 5) is 30.4. The standard InChI is InChI=1S/C25H30N2O3/c1-18(2)27-16-22(21-7-5-4-6-8-21)25(24(27)29)17-26(13-14-30-25)23(28)15-20-11-9-19(3)10-12-20/h4-12,18,22H,13-17H2,1-3H3/t22-,25-/m1/s1. The highest BCUT2D eigenvalue weighted by atomic mass is 16.5. The van der Waals surface area contributed by atoms with E-state index in [9.17, 15) is 9.59 Å². The van der Waals surface area contributed by atoms with Crippen LogP contribution in [0.15, 0.2) is 54.6 Å². The van der Waals surface area contributed by atoms with Crippen molar-refractivity contribution in [3.63, 3.8) is 0 Å². The fourth-order valence-electron chi connectivity index (χ4n) is 4.62. The van der Waals surface area contributed by atoms with Crippen molar-refractivity contribution in [2.45, 2.75) is 44.8 Å². The molecule has 5 heteroatoms. The number of carbonyl (C=O) groups is 2. The average molecular weight is 407 g/mol. The summed E-state index contributed by atoms with van der Waals surface area (Å²) in [5, 5.41) is 0. The Labute approximate surface area is 178 Å². The summed E-state index contributed by atoms with van der Waals surface area (Å²) in [6.07, 6.45) is 0.342. The molecule has 0 unspecified atom stereocenters. The van der Waals surface area contributed by atoms with Crippen LogP contribution in [0, 0.1) is 6.92 Å². The molecule has 0 radical (unpaired) electrons. The average Bonchev–Trinajstić information content (AvgIpc) is 3.02. The van der Waals surface area contributed by atoms with Gasteiger partial charge in [0.25, 0.3) is 5.91 Å². The van der Waals surface area contributed by atoms with Gasteiger partial charge in [-0.05, 0) is 31.9 Å². The summed E-state index contributed by atoms with van der Waals surface area (Å²) in [5.74, 6) is -0.0492. The molecule has 0 aliphatic carbocycles. The molecule has 0 saturated carbocycles. The van der Waals surface area contributed by atoms with Crippen LogP contribution in [0.2, 0.25) is 0 Å². The van der Waals surface area contributed by atoms with Crippen molar-refractivity contribution in [3.05, 3.63) is 71.3 Å². The Morgan fingerprint density at radius 1 is 1.13 bits per heavy atom. The van der Waals surface area contributed by atoms with Crippen molar-refractivity contribution in [2.24, 2.45) is 0 Å². The molecule has 2 heterocycles. The molecule has 2 atom stereocenters. The Kier molecular flexibility index (Phi) is 5.65. The van der Waals surface area contributed by atoms with Gasteiger partial charge in [-0.15, -0.1) is 0 Å². The van der Waals surface area contributed by atoms with Gasteiger partial charge in [0, 0.05) is 25.0 Å². The van der Waals surface area contributed by atoms with Crippen molar-refractivity contribution < 1.29 is 14.3 Å². The first-order valence-electron chi connectivity index (χ1n) is 10.7. The van der Waals surface area contributed by atoms with Crippen molar-refractivity contribution in [1.82, 2.24) is 9.80 Å². The van der Waals surface area contributed by atoms with E-state index in [4.69, 9.17) is 4.74 Å². The van der Waals surface area contributed by atoms with Gasteiger partial charge in [-0.2, -0.15) is 0 Å². The number of rotatable bonds is 4. The van der Waals surface area contributed by atoms with E-state index >= 15 is 0 Å². The van der Waals surface area contributed by atoms with Gasteiger partial charge >= 0.3 is 0 Å². The molecule has 0 bridgehead atoms. The molecule has 2 aromatic rings. The molecule has 2 saturated heterocycles. The number of likely N-dealkylation sites (tertiary alicyclic amines) is 1. The van der Waals surface area contributed by atoms with Crippen LogP contribution in [0.25, 0.3) is 0 Å². The summed E-state index contributed by atoms with van der Waals surface area (Å²) < 4.78 is 6.25. The van der Waals surface area contributed by atoms with Gasteiger partial charge in [-0.3, -0.25) is 9.59 Å². The number of aryl methyl sites for hydroxylation is 1. The number of benzene rings is 2. The van der Waals surface area contributed by atoms with E-state index in [1.807, 2.05) is 73.0 Å². The van der Waals surface area contributed by atoms with E-state index in [0.717, 1.165) is 11.1 Å². The molecular formula is C25H30N2O3. The van der Waals surface area contributed by atoms with Crippen molar-refractivity contribution in [2.75, 3.05) is 26.2 Å². The quantitative estimate of drug-likeness (QED) is 0.784. The molecule has 2 aliphatic heterocycles. The van der Waals surface area contributed by atoms with E-state index in [2.05, 4.69) is 12.1 Å². The number of hydrogen-bond donors (Lipinski definition) is 0. The van der Waals surface area contributed by atoms with Crippen LogP contribution in [0.1, 0.15) is 36.5 Å². The molecule has 2 amide bonds. The largest absolute Gasteiger partial charge is 0.361 e. The van der Waals surface area contributed by atoms with Crippen LogP contribution in [0.5, 0.6) is 0 Å². The smallest absolute Gasteiger partial charge is 0.257 e. The first-order chi connectivity index (χ1) is 14.4. The molecule has 2 fully saturated rings. The highest BCUT2D eigenvalue weighted by molar-refractivity contribution is 5.91. The SMILES string of the molecule is Cc1ccc(CC(=O)N2CCO[C@@]3(C2)C(=O)N(C(C)C)C[C@@H]3c2ccccc2)cc1. The highest BCUT2D eigenvalue weighted by Crippen LogP contribution is 2.42. The third kappa shape index (κ3) is 3.74. The lowest BCUT2D eigenvalue weighted by atomic mass is 9.83. The Bertz CT molecular complexity index is 910. The summed E-state index contributed by atoms with van der Waals surface area (Å²) in [7, 11) is 0. The summed E-state index contributed by atoms with van der Waals surface area (Å²) in [6, 6.07) is 18.2. The van der Waals surface area contributed by atoms with E-state index in [1.165, 1.54) is 5.56 Å². The Morgan fingerprint density at radius 2 is 1.83 bits per heavy atom. The van der Waals surface area contributed by atoms with Crippen LogP contribution >= 0.6 is 0 Å². The predicted molar refractivity (Wildman–Crippen MR) is 116 cm³/mol. The molecule has 5 nitrogen and oxygen atoms in total. The first kappa shape index (κ1) is 20.6. The van der Waals surface area contributed by atoms with Gasteiger partial charge in [0.2, 0.25) is 5.91 Å². The van der Waals surface area contributed by atoms with Crippen LogP contribution in [0.4, 0.5) is 0 Å². The van der Waals surface area contributed by atoms with E-state index < -0.39 is 5.60 Å². The van der Waals surface area contributed by atoms with Gasteiger partial charge in [0.05, 0.1) is 19.6 Å². The number of morpholine rings is 1. The van der Waals surface area contributed by atoms with Crippen molar-refractivity contribution in [3.8, 4) is 0 Å². The third-order valence-corrected chi connectivity index (χ3v) is 6.37. The zero-order chi connectivity index (χ0) is 21.3. The number of nitrogens with zero attached hydrogens (tertiary/aromatic N) is 2. The molecule has 30 heavy (non-hydrogen) atoms. The minimum atomic E-state index is -1.01. The zero-order valence-electron chi connectivity index (χ0n) is 18.0. The fourth-order valence-corrected chi connectivity index (χ4v) is 4.62. The summed E-state index contributed by atoms with van der Waals surface area (Å²) in [5.41, 5.74) is 2.24. The molecule has 0 aromatic heterocycles. The molecule has 4 rings (SSSR count). The lowest BCUT2D eigenvalue weighted by molar-refractivity contribution is -0.168. The van der Waals surface area contributed by atoms with Crippen LogP contribution in [0.3, 0.4) is 0 Å². The molecule has 1 spiro atoms. The van der Waals surface area contributed by atoms with Gasteiger partial charge in [0.15, 0.2) is 5.60 Å². The second-order valence-electron chi connectivity index (χ2n) is 8.73. The summed E-state index contributed by atoms with van der Waals surface area (Å²) in [6.45, 7) is 7.90. The normalized spacial score (nSPS) is 24.1. The van der Waals surface area contributed by atoms with E-state index in [-0.39, 0.29) is 23.8 Å². The van der Waals surface area contributed by atoms with Gasteiger partial charge < -0.3 is 14.5 Å². The number of hydrogen-bond acceptors (Lipinski definition) is 3. The first-order valence-corrected chi connectivity index (χ1v) is 10.7. The molecule has 2 aromatic carbocycles. The monoisotopic (exact) mass is 406 g/mol. The Morgan fingerprint density at radius 3 is 2.50 bits per heavy atom. The predicted octanol–water partition coefficient (Wildman–Crippen LogP) is 3.17. The molecule has 0 N–H and O–H groups in total. The van der Waals surface area contributed by atoms with E-state index in [1.54, 1.807) is 0 Å². The number of carbonyl (C=O) groups excluding carboxylic acids is 2. The van der Waals surface area contributed by atoms with Crippen molar-refractivity contribution in [1.29, 1.82) is 0 Å². The lowest BCUT2D eigenvalue weighted by Crippen LogP contribution is -2.60. The molecule has 158 valence electrons. The van der Waals surface area contributed by atoms with Gasteiger partial charge in [-0.25, -0.2) is 0 Å². The summed E-state index contributed by atoms with van der Waals surface area (Å²) >= 11 is 0. The lowest BCUT2D eigenvalue weighted by Gasteiger charge is -2.42. The molecule has 2 aliphatic rings. The maximum Gasteiger partial charge on any atom is 0.257 e. The zero-order valence-corrected chi connectivity index (χ0v) is 18.0. The second kappa shape index (κ2) is 8.23. The van der Waals surface area contributed by atoms with Crippen LogP contribution in [-0.4, -0.2) is 59.5 Å². The van der Waals surface area contributed by atoms with Crippen molar-refractivity contribution >= 4 is 11.8 Å². The van der Waals surface area contributed by atoms with Crippen LogP contribution in [-0.2, 0) is 20.7 Å². The maximum absolute atomic E-state index is 13.5. The molecular weight excluding hydrogens is 376 g/mol. The Balaban J connectivity index is 1.60. The van der Waals surface area contributed by atoms with Crippen LogP contribution < -0.4 is 0 Å². The number of amides is 2. The minimum absolute atomic E-state index is 0.000751. The topological polar surface area (TPSA) is 49.9 Å². The fraction of sp³-hybridized carbons (Fsp3) is 0.440.